The summed E-state index contributed by atoms with van der Waals surface area (Å²) < 4.78 is 23.6. The third-order valence-corrected chi connectivity index (χ3v) is 6.12. The van der Waals surface area contributed by atoms with Crippen molar-refractivity contribution in [2.24, 2.45) is 0 Å². The van der Waals surface area contributed by atoms with Crippen LogP contribution < -0.4 is 20.1 Å². The van der Waals surface area contributed by atoms with Crippen LogP contribution in [-0.2, 0) is 14.3 Å². The molecule has 0 spiro atoms. The fourth-order valence-corrected chi connectivity index (χ4v) is 4.09. The van der Waals surface area contributed by atoms with Crippen molar-refractivity contribution < 1.29 is 28.5 Å². The highest BCUT2D eigenvalue weighted by Gasteiger charge is 2.15. The summed E-state index contributed by atoms with van der Waals surface area (Å²) in [5.41, 5.74) is 2.50. The number of nitrogens with zero attached hydrogens (tertiary/aromatic N) is 4. The molecule has 234 valence electrons. The van der Waals surface area contributed by atoms with E-state index in [1.807, 2.05) is 73.9 Å². The van der Waals surface area contributed by atoms with Crippen molar-refractivity contribution in [3.63, 3.8) is 0 Å². The van der Waals surface area contributed by atoms with Gasteiger partial charge in [-0.25, -0.2) is 14.8 Å². The Bertz CT molecular complexity index is 1500. The molecule has 4 rings (SSSR count). The van der Waals surface area contributed by atoms with Crippen LogP contribution in [0.2, 0.25) is 0 Å². The van der Waals surface area contributed by atoms with E-state index in [2.05, 4.69) is 25.6 Å². The lowest BCUT2D eigenvalue weighted by Crippen LogP contribution is -2.33. The lowest BCUT2D eigenvalue weighted by Gasteiger charge is -2.19. The van der Waals surface area contributed by atoms with Crippen LogP contribution in [0.3, 0.4) is 0 Å². The van der Waals surface area contributed by atoms with E-state index in [0.717, 1.165) is 30.0 Å². The monoisotopic (exact) mass is 604 g/mol. The van der Waals surface area contributed by atoms with E-state index in [4.69, 9.17) is 18.9 Å². The minimum atomic E-state index is -0.521. The van der Waals surface area contributed by atoms with Crippen LogP contribution in [-0.4, -0.2) is 63.5 Å². The number of ether oxygens (including phenoxy) is 4. The molecule has 2 aromatic heterocycles. The van der Waals surface area contributed by atoms with Gasteiger partial charge in [-0.1, -0.05) is 0 Å². The van der Waals surface area contributed by atoms with Gasteiger partial charge in [0.15, 0.2) is 5.65 Å². The van der Waals surface area contributed by atoms with Gasteiger partial charge in [-0.05, 0) is 95.5 Å². The molecule has 0 aliphatic carbocycles. The van der Waals surface area contributed by atoms with Crippen molar-refractivity contribution in [2.45, 2.75) is 59.0 Å². The Morgan fingerprint density at radius 3 is 2.25 bits per heavy atom. The minimum absolute atomic E-state index is 0.172. The molecule has 0 aliphatic rings. The zero-order chi connectivity index (χ0) is 31.4. The van der Waals surface area contributed by atoms with E-state index < -0.39 is 11.7 Å². The van der Waals surface area contributed by atoms with Gasteiger partial charge in [0.1, 0.15) is 28.9 Å². The Balaban J connectivity index is 1.26. The SMILES string of the molecule is CCOC(=O)CCCCOc1ccc(-n2cnc3cnc(Nc4ccc(OCCCNC(=O)OC(C)(C)C)cc4)nc32)cc1. The normalized spacial score (nSPS) is 11.2. The van der Waals surface area contributed by atoms with E-state index in [9.17, 15) is 9.59 Å². The fourth-order valence-electron chi connectivity index (χ4n) is 4.09. The third kappa shape index (κ3) is 10.1. The van der Waals surface area contributed by atoms with E-state index in [0.29, 0.717) is 62.1 Å². The van der Waals surface area contributed by atoms with Crippen LogP contribution >= 0.6 is 0 Å². The van der Waals surface area contributed by atoms with Gasteiger partial charge in [0.05, 0.1) is 26.0 Å². The number of carbonyl (C=O) groups is 2. The number of benzene rings is 2. The van der Waals surface area contributed by atoms with Crippen LogP contribution in [0.15, 0.2) is 61.1 Å². The molecule has 12 nitrogen and oxygen atoms in total. The zero-order valence-electron chi connectivity index (χ0n) is 25.7. The topological polar surface area (TPSA) is 139 Å². The Kier molecular flexibility index (Phi) is 11.3. The molecule has 0 atom stereocenters. The third-order valence-electron chi connectivity index (χ3n) is 6.12. The molecule has 0 saturated heterocycles. The predicted molar refractivity (Wildman–Crippen MR) is 167 cm³/mol. The predicted octanol–water partition coefficient (Wildman–Crippen LogP) is 5.96. The largest absolute Gasteiger partial charge is 0.494 e. The summed E-state index contributed by atoms with van der Waals surface area (Å²) in [6, 6.07) is 15.2. The molecule has 0 unspecified atom stereocenters. The van der Waals surface area contributed by atoms with Crippen LogP contribution in [0.5, 0.6) is 11.5 Å². The molecule has 44 heavy (non-hydrogen) atoms. The van der Waals surface area contributed by atoms with E-state index >= 15 is 0 Å². The number of unbranched alkanes of at least 4 members (excludes halogenated alkanes) is 1. The molecular weight excluding hydrogens is 564 g/mol. The molecule has 0 fully saturated rings. The summed E-state index contributed by atoms with van der Waals surface area (Å²) in [6.45, 7) is 9.13. The molecular formula is C32H40N6O6. The standard InChI is InChI=1S/C32H40N6O6/c1-5-41-28(39)9-6-7-19-42-26-16-12-24(13-17-26)38-22-35-27-21-34-30(37-29(27)38)36-23-10-14-25(15-11-23)43-20-8-18-33-31(40)44-32(2,3)4/h10-17,21-22H,5-9,18-20H2,1-4H3,(H,33,40)(H,34,36,37). The van der Waals surface area contributed by atoms with Crippen molar-refractivity contribution >= 4 is 34.9 Å². The summed E-state index contributed by atoms with van der Waals surface area (Å²) in [5.74, 6) is 1.72. The lowest BCUT2D eigenvalue weighted by atomic mass is 10.2. The highest BCUT2D eigenvalue weighted by Crippen LogP contribution is 2.22. The molecule has 4 aromatic rings. The van der Waals surface area contributed by atoms with Gasteiger partial charge in [0, 0.05) is 24.3 Å². The molecule has 2 aromatic carbocycles. The van der Waals surface area contributed by atoms with Gasteiger partial charge in [-0.15, -0.1) is 0 Å². The van der Waals surface area contributed by atoms with Gasteiger partial charge in [-0.2, -0.15) is 4.98 Å². The average molecular weight is 605 g/mol. The first-order chi connectivity index (χ1) is 21.2. The first-order valence-corrected chi connectivity index (χ1v) is 14.8. The Morgan fingerprint density at radius 2 is 1.57 bits per heavy atom. The molecule has 0 saturated carbocycles. The molecule has 0 aliphatic heterocycles. The number of hydrogen-bond acceptors (Lipinski definition) is 10. The van der Waals surface area contributed by atoms with Gasteiger partial charge in [0.25, 0.3) is 0 Å². The van der Waals surface area contributed by atoms with E-state index in [1.165, 1.54) is 0 Å². The minimum Gasteiger partial charge on any atom is -0.494 e. The number of anilines is 2. The number of carbonyl (C=O) groups excluding carboxylic acids is 2. The Labute approximate surface area is 257 Å². The van der Waals surface area contributed by atoms with Gasteiger partial charge in [-0.3, -0.25) is 9.36 Å². The summed E-state index contributed by atoms with van der Waals surface area (Å²) in [7, 11) is 0. The second-order valence-corrected chi connectivity index (χ2v) is 10.9. The first kappa shape index (κ1) is 32.1. The second-order valence-electron chi connectivity index (χ2n) is 10.9. The van der Waals surface area contributed by atoms with Crippen molar-refractivity contribution in [3.8, 4) is 17.2 Å². The van der Waals surface area contributed by atoms with Crippen molar-refractivity contribution in [1.29, 1.82) is 0 Å². The molecule has 2 N–H and O–H groups in total. The maximum absolute atomic E-state index is 11.7. The highest BCUT2D eigenvalue weighted by atomic mass is 16.6. The summed E-state index contributed by atoms with van der Waals surface area (Å²) in [5, 5.41) is 5.94. The maximum atomic E-state index is 11.7. The highest BCUT2D eigenvalue weighted by molar-refractivity contribution is 5.74. The second kappa shape index (κ2) is 15.6. The molecule has 2 heterocycles. The van der Waals surface area contributed by atoms with E-state index in [-0.39, 0.29) is 5.97 Å². The van der Waals surface area contributed by atoms with Gasteiger partial charge < -0.3 is 29.6 Å². The number of imidazole rings is 1. The number of alkyl carbamates (subject to hydrolysis) is 1. The number of amides is 1. The zero-order valence-corrected chi connectivity index (χ0v) is 25.7. The average Bonchev–Trinajstić information content (AvgIpc) is 3.40. The van der Waals surface area contributed by atoms with Crippen LogP contribution in [0.4, 0.5) is 16.4 Å². The van der Waals surface area contributed by atoms with Crippen molar-refractivity contribution in [1.82, 2.24) is 24.8 Å². The van der Waals surface area contributed by atoms with Crippen LogP contribution in [0.25, 0.3) is 16.9 Å². The summed E-state index contributed by atoms with van der Waals surface area (Å²) in [4.78, 5) is 36.7. The van der Waals surface area contributed by atoms with Gasteiger partial charge in [0.2, 0.25) is 5.95 Å². The smallest absolute Gasteiger partial charge is 0.407 e. The molecule has 0 bridgehead atoms. The summed E-state index contributed by atoms with van der Waals surface area (Å²) in [6.07, 6.45) is 5.50. The fraction of sp³-hybridized carbons (Fsp3) is 0.406. The first-order valence-electron chi connectivity index (χ1n) is 14.8. The molecule has 0 radical (unpaired) electrons. The van der Waals surface area contributed by atoms with Gasteiger partial charge >= 0.3 is 12.1 Å². The summed E-state index contributed by atoms with van der Waals surface area (Å²) >= 11 is 0. The van der Waals surface area contributed by atoms with E-state index in [1.54, 1.807) is 19.4 Å². The quantitative estimate of drug-likeness (QED) is 0.123. The van der Waals surface area contributed by atoms with Crippen molar-refractivity contribution in [2.75, 3.05) is 31.7 Å². The molecule has 12 heteroatoms. The molecule has 1 amide bonds. The van der Waals surface area contributed by atoms with Crippen LogP contribution in [0, 0.1) is 0 Å². The Morgan fingerprint density at radius 1 is 0.886 bits per heavy atom. The number of nitrogens with one attached hydrogen (secondary N) is 2. The van der Waals surface area contributed by atoms with Crippen molar-refractivity contribution in [3.05, 3.63) is 61.1 Å². The van der Waals surface area contributed by atoms with Crippen LogP contribution in [0.1, 0.15) is 53.4 Å². The number of rotatable bonds is 15. The number of aromatic nitrogens is 4. The Hall–Kier alpha value is -4.87. The number of fused-ring (bicyclic) bond motifs is 1. The number of esters is 1. The number of hydrogen-bond donors (Lipinski definition) is 2. The lowest BCUT2D eigenvalue weighted by molar-refractivity contribution is -0.143. The maximum Gasteiger partial charge on any atom is 0.407 e.